The normalized spacial score (nSPS) is 13.5. The number of hydrogen-bond donors (Lipinski definition) is 1. The third-order valence-electron chi connectivity index (χ3n) is 2.59. The van der Waals surface area contributed by atoms with Gasteiger partial charge in [0, 0.05) is 0 Å². The van der Waals surface area contributed by atoms with Crippen molar-refractivity contribution < 1.29 is 5.11 Å². The van der Waals surface area contributed by atoms with E-state index < -0.39 is 0 Å². The van der Waals surface area contributed by atoms with Crippen molar-refractivity contribution in [2.24, 2.45) is 5.92 Å². The van der Waals surface area contributed by atoms with Crippen LogP contribution in [0.5, 0.6) is 0 Å². The summed E-state index contributed by atoms with van der Waals surface area (Å²) in [7, 11) is 0. The predicted molar refractivity (Wildman–Crippen MR) is 70.2 cm³/mol. The largest absolute Gasteiger partial charge is 0.389 e. The third kappa shape index (κ3) is 5.72. The Hall–Kier alpha value is -1.08. The number of hydrogen-bond acceptors (Lipinski definition) is 1. The van der Waals surface area contributed by atoms with Gasteiger partial charge in [0.25, 0.3) is 0 Å². The quantitative estimate of drug-likeness (QED) is 0.768. The fourth-order valence-corrected chi connectivity index (χ4v) is 1.62. The smallest absolute Gasteiger partial charge is 0.0724 e. The van der Waals surface area contributed by atoms with E-state index in [1.165, 1.54) is 6.42 Å². The lowest BCUT2D eigenvalue weighted by Gasteiger charge is -2.07. The molecule has 16 heavy (non-hydrogen) atoms. The minimum Gasteiger partial charge on any atom is -0.389 e. The zero-order valence-corrected chi connectivity index (χ0v) is 10.3. The van der Waals surface area contributed by atoms with Gasteiger partial charge < -0.3 is 5.11 Å². The van der Waals surface area contributed by atoms with Crippen molar-refractivity contribution in [2.75, 3.05) is 0 Å². The van der Waals surface area contributed by atoms with E-state index in [9.17, 15) is 5.11 Å². The van der Waals surface area contributed by atoms with E-state index in [-0.39, 0.29) is 6.10 Å². The second-order valence-corrected chi connectivity index (χ2v) is 4.66. The lowest BCUT2D eigenvalue weighted by molar-refractivity contribution is 0.207. The number of aliphatic hydroxyl groups excluding tert-OH is 1. The zero-order chi connectivity index (χ0) is 11.8. The van der Waals surface area contributed by atoms with Gasteiger partial charge >= 0.3 is 0 Å². The molecular weight excluding hydrogens is 196 g/mol. The van der Waals surface area contributed by atoms with Gasteiger partial charge in [-0.25, -0.2) is 0 Å². The average Bonchev–Trinajstić information content (AvgIpc) is 2.27. The molecule has 0 aliphatic rings. The summed E-state index contributed by atoms with van der Waals surface area (Å²) >= 11 is 0. The second-order valence-electron chi connectivity index (χ2n) is 4.66. The van der Waals surface area contributed by atoms with Crippen molar-refractivity contribution in [3.63, 3.8) is 0 Å². The van der Waals surface area contributed by atoms with E-state index in [2.05, 4.69) is 13.8 Å². The molecule has 0 aliphatic carbocycles. The van der Waals surface area contributed by atoms with E-state index in [4.69, 9.17) is 0 Å². The van der Waals surface area contributed by atoms with Gasteiger partial charge in [-0.2, -0.15) is 0 Å². The summed E-state index contributed by atoms with van der Waals surface area (Å²) in [6, 6.07) is 10.1. The Morgan fingerprint density at radius 2 is 1.81 bits per heavy atom. The number of aliphatic hydroxyl groups is 1. The number of rotatable bonds is 6. The molecular formula is C15H22O. The first-order valence-electron chi connectivity index (χ1n) is 6.10. The monoisotopic (exact) mass is 218 g/mol. The van der Waals surface area contributed by atoms with Gasteiger partial charge in [0.2, 0.25) is 0 Å². The molecule has 0 fully saturated rings. The van der Waals surface area contributed by atoms with E-state index in [1.54, 1.807) is 0 Å². The van der Waals surface area contributed by atoms with Crippen molar-refractivity contribution in [3.8, 4) is 0 Å². The highest BCUT2D eigenvalue weighted by Crippen LogP contribution is 2.10. The summed E-state index contributed by atoms with van der Waals surface area (Å²) in [5.74, 6) is 0.727. The maximum Gasteiger partial charge on any atom is 0.0724 e. The highest BCUT2D eigenvalue weighted by atomic mass is 16.3. The molecule has 0 amide bonds. The molecule has 0 aromatic heterocycles. The summed E-state index contributed by atoms with van der Waals surface area (Å²) in [6.45, 7) is 4.43. The summed E-state index contributed by atoms with van der Waals surface area (Å²) in [6.07, 6.45) is 6.71. The fourth-order valence-electron chi connectivity index (χ4n) is 1.62. The van der Waals surface area contributed by atoms with Crippen LogP contribution in [0.25, 0.3) is 6.08 Å². The maximum absolute atomic E-state index is 9.74. The van der Waals surface area contributed by atoms with Crippen molar-refractivity contribution in [1.29, 1.82) is 0 Å². The van der Waals surface area contributed by atoms with Crippen LogP contribution in [0.2, 0.25) is 0 Å². The lowest BCUT2D eigenvalue weighted by atomic mass is 10.0. The van der Waals surface area contributed by atoms with Crippen molar-refractivity contribution >= 4 is 6.08 Å². The molecule has 1 N–H and O–H groups in total. The molecule has 1 nitrogen and oxygen atoms in total. The van der Waals surface area contributed by atoms with E-state index in [0.29, 0.717) is 0 Å². The first-order chi connectivity index (χ1) is 7.68. The van der Waals surface area contributed by atoms with Gasteiger partial charge in [-0.05, 0) is 17.9 Å². The minimum absolute atomic E-state index is 0.307. The molecule has 88 valence electrons. The number of benzene rings is 1. The molecule has 1 atom stereocenters. The molecule has 1 aromatic rings. The Morgan fingerprint density at radius 3 is 2.44 bits per heavy atom. The molecule has 0 bridgehead atoms. The zero-order valence-electron chi connectivity index (χ0n) is 10.3. The van der Waals surface area contributed by atoms with E-state index >= 15 is 0 Å². The second kappa shape index (κ2) is 7.24. The van der Waals surface area contributed by atoms with Crippen LogP contribution in [0.15, 0.2) is 36.4 Å². The Kier molecular flexibility index (Phi) is 5.87. The van der Waals surface area contributed by atoms with Gasteiger partial charge in [0.05, 0.1) is 6.10 Å². The summed E-state index contributed by atoms with van der Waals surface area (Å²) in [5, 5.41) is 9.74. The Balaban J connectivity index is 2.28. The molecule has 0 spiro atoms. The standard InChI is InChI=1S/C15H22O/c1-13(2)7-6-10-15(16)12-11-14-8-4-3-5-9-14/h3-5,8-9,11-13,15-16H,6-7,10H2,1-2H3. The van der Waals surface area contributed by atoms with Crippen LogP contribution in [0.1, 0.15) is 38.7 Å². The molecule has 0 radical (unpaired) electrons. The molecule has 1 aromatic carbocycles. The van der Waals surface area contributed by atoms with Crippen LogP contribution in [0.4, 0.5) is 0 Å². The Labute approximate surface area is 98.8 Å². The highest BCUT2D eigenvalue weighted by molar-refractivity contribution is 5.49. The van der Waals surface area contributed by atoms with E-state index in [1.807, 2.05) is 42.5 Å². The minimum atomic E-state index is -0.307. The summed E-state index contributed by atoms with van der Waals surface area (Å²) < 4.78 is 0. The maximum atomic E-state index is 9.74. The Morgan fingerprint density at radius 1 is 1.12 bits per heavy atom. The van der Waals surface area contributed by atoms with Crippen molar-refractivity contribution in [2.45, 2.75) is 39.2 Å². The van der Waals surface area contributed by atoms with Gasteiger partial charge in [-0.3, -0.25) is 0 Å². The first kappa shape index (κ1) is 13.0. The van der Waals surface area contributed by atoms with Crippen LogP contribution >= 0.6 is 0 Å². The average molecular weight is 218 g/mol. The fraction of sp³-hybridized carbons (Fsp3) is 0.467. The van der Waals surface area contributed by atoms with Gasteiger partial charge in [0.15, 0.2) is 0 Å². The van der Waals surface area contributed by atoms with Gasteiger partial charge in [-0.15, -0.1) is 0 Å². The molecule has 0 saturated carbocycles. The first-order valence-corrected chi connectivity index (χ1v) is 6.10. The molecule has 1 heteroatoms. The SMILES string of the molecule is CC(C)CCCC(O)C=Cc1ccccc1. The molecule has 1 unspecified atom stereocenters. The Bertz CT molecular complexity index is 300. The van der Waals surface area contributed by atoms with Crippen LogP contribution in [-0.2, 0) is 0 Å². The predicted octanol–water partition coefficient (Wildman–Crippen LogP) is 3.89. The van der Waals surface area contributed by atoms with Crippen LogP contribution in [-0.4, -0.2) is 11.2 Å². The summed E-state index contributed by atoms with van der Waals surface area (Å²) in [4.78, 5) is 0. The van der Waals surface area contributed by atoms with Crippen molar-refractivity contribution in [1.82, 2.24) is 0 Å². The third-order valence-corrected chi connectivity index (χ3v) is 2.59. The summed E-state index contributed by atoms with van der Waals surface area (Å²) in [5.41, 5.74) is 1.14. The van der Waals surface area contributed by atoms with Gasteiger partial charge in [0.1, 0.15) is 0 Å². The molecule has 0 heterocycles. The highest BCUT2D eigenvalue weighted by Gasteiger charge is 2.00. The van der Waals surface area contributed by atoms with Crippen LogP contribution < -0.4 is 0 Å². The lowest BCUT2D eigenvalue weighted by Crippen LogP contribution is -2.02. The van der Waals surface area contributed by atoms with E-state index in [0.717, 1.165) is 24.3 Å². The topological polar surface area (TPSA) is 20.2 Å². The van der Waals surface area contributed by atoms with Crippen molar-refractivity contribution in [3.05, 3.63) is 42.0 Å². The van der Waals surface area contributed by atoms with Crippen LogP contribution in [0, 0.1) is 5.92 Å². The van der Waals surface area contributed by atoms with Gasteiger partial charge in [-0.1, -0.05) is 69.2 Å². The molecule has 0 saturated heterocycles. The molecule has 0 aliphatic heterocycles. The molecule has 1 rings (SSSR count). The van der Waals surface area contributed by atoms with Crippen LogP contribution in [0.3, 0.4) is 0 Å².